The summed E-state index contributed by atoms with van der Waals surface area (Å²) in [4.78, 5) is 27.4. The molecule has 3 aromatic heterocycles. The minimum absolute atomic E-state index is 0.0346. The summed E-state index contributed by atoms with van der Waals surface area (Å²) in [5.41, 5.74) is 8.32. The molecule has 0 saturated carbocycles. The molecule has 0 bridgehead atoms. The summed E-state index contributed by atoms with van der Waals surface area (Å²) in [7, 11) is 0. The lowest BCUT2D eigenvalue weighted by atomic mass is 10.1. The summed E-state index contributed by atoms with van der Waals surface area (Å²) >= 11 is 1.97. The molecular weight excluding hydrogens is 545 g/mol. The fraction of sp³-hybridized carbons (Fsp3) is 0.208. The molecule has 0 radical (unpaired) electrons. The van der Waals surface area contributed by atoms with Crippen molar-refractivity contribution in [2.75, 3.05) is 18.8 Å². The monoisotopic (exact) mass is 567 g/mol. The maximum absolute atomic E-state index is 12.5. The molecule has 0 aliphatic carbocycles. The van der Waals surface area contributed by atoms with Crippen molar-refractivity contribution in [2.45, 2.75) is 18.9 Å². The van der Waals surface area contributed by atoms with E-state index in [4.69, 9.17) is 15.6 Å². The number of halogens is 1. The van der Waals surface area contributed by atoms with Crippen molar-refractivity contribution in [3.8, 4) is 22.9 Å². The number of carbonyl (C=O) groups excluding carboxylic acids is 1. The van der Waals surface area contributed by atoms with Crippen LogP contribution in [0.1, 0.15) is 18.9 Å². The van der Waals surface area contributed by atoms with E-state index in [0.717, 1.165) is 18.4 Å². The number of aromatic nitrogens is 5. The highest BCUT2D eigenvalue weighted by Crippen LogP contribution is 2.34. The normalized spacial score (nSPS) is 15.9. The van der Waals surface area contributed by atoms with Crippen LogP contribution in [0.2, 0.25) is 0 Å². The molecule has 5 rings (SSSR count). The van der Waals surface area contributed by atoms with Gasteiger partial charge in [0.15, 0.2) is 5.65 Å². The van der Waals surface area contributed by atoms with E-state index in [1.165, 1.54) is 6.33 Å². The number of likely N-dealkylation sites (tertiary alicyclic amines) is 1. The number of benzene rings is 1. The molecule has 4 heterocycles. The van der Waals surface area contributed by atoms with Crippen LogP contribution in [0, 0.1) is 0 Å². The Bertz CT molecular complexity index is 1360. The number of amides is 1. The highest BCUT2D eigenvalue weighted by molar-refractivity contribution is 14.1. The zero-order chi connectivity index (χ0) is 23.7. The first-order valence-corrected chi connectivity index (χ1v) is 11.9. The Labute approximate surface area is 209 Å². The van der Waals surface area contributed by atoms with E-state index >= 15 is 0 Å². The van der Waals surface area contributed by atoms with Gasteiger partial charge in [-0.1, -0.05) is 24.8 Å². The third-order valence-electron chi connectivity index (χ3n) is 5.76. The first-order chi connectivity index (χ1) is 16.5. The molecule has 10 heteroatoms. The third kappa shape index (κ3) is 4.32. The minimum Gasteiger partial charge on any atom is -0.439 e. The van der Waals surface area contributed by atoms with Gasteiger partial charge in [-0.25, -0.2) is 19.6 Å². The van der Waals surface area contributed by atoms with Gasteiger partial charge in [0.25, 0.3) is 5.91 Å². The van der Waals surface area contributed by atoms with Crippen molar-refractivity contribution in [3.63, 3.8) is 0 Å². The average molecular weight is 567 g/mol. The predicted molar refractivity (Wildman–Crippen MR) is 137 cm³/mol. The lowest BCUT2D eigenvalue weighted by Gasteiger charge is -2.32. The van der Waals surface area contributed by atoms with Crippen LogP contribution in [0.25, 0.3) is 22.3 Å². The first kappa shape index (κ1) is 22.3. The number of rotatable bonds is 5. The second-order valence-corrected chi connectivity index (χ2v) is 9.31. The van der Waals surface area contributed by atoms with Crippen molar-refractivity contribution in [3.05, 3.63) is 65.1 Å². The molecule has 34 heavy (non-hydrogen) atoms. The van der Waals surface area contributed by atoms with E-state index in [0.29, 0.717) is 50.8 Å². The summed E-state index contributed by atoms with van der Waals surface area (Å²) in [5, 5.41) is 5.56. The van der Waals surface area contributed by atoms with Crippen LogP contribution in [0.5, 0.6) is 11.6 Å². The number of ether oxygens (including phenoxy) is 1. The van der Waals surface area contributed by atoms with E-state index in [2.05, 4.69) is 21.5 Å². The van der Waals surface area contributed by atoms with Crippen LogP contribution < -0.4 is 10.5 Å². The van der Waals surface area contributed by atoms with E-state index in [1.807, 2.05) is 68.6 Å². The highest BCUT2D eigenvalue weighted by Gasteiger charge is 2.29. The number of nitrogen functional groups attached to an aromatic ring is 1. The van der Waals surface area contributed by atoms with Crippen molar-refractivity contribution >= 4 is 45.3 Å². The molecule has 172 valence electrons. The zero-order valence-corrected chi connectivity index (χ0v) is 20.4. The molecule has 1 amide bonds. The van der Waals surface area contributed by atoms with Gasteiger partial charge in [0.1, 0.15) is 23.6 Å². The van der Waals surface area contributed by atoms with Gasteiger partial charge in [0.2, 0.25) is 5.88 Å². The minimum atomic E-state index is -0.0469. The molecular formula is C24H22IN7O2. The van der Waals surface area contributed by atoms with E-state index in [9.17, 15) is 4.79 Å². The molecule has 1 aliphatic heterocycles. The van der Waals surface area contributed by atoms with Crippen LogP contribution in [-0.4, -0.2) is 48.6 Å². The Morgan fingerprint density at radius 3 is 2.71 bits per heavy atom. The van der Waals surface area contributed by atoms with Crippen LogP contribution in [-0.2, 0) is 4.79 Å². The molecule has 1 unspecified atom stereocenters. The number of fused-ring (bicyclic) bond motifs is 1. The lowest BCUT2D eigenvalue weighted by molar-refractivity contribution is -0.127. The standard InChI is InChI=1S/C24H22IN7O2/c1-15(25)24(33)31-11-5-6-17(13-31)32-23-20(22(26)28-14-29-23)21(30-32)16-9-10-19(27-12-16)34-18-7-3-2-4-8-18/h2-4,7-10,12,14,17H,1,5-6,11,13H2,(H2,26,28,29). The number of anilines is 1. The number of hydrogen-bond acceptors (Lipinski definition) is 7. The average Bonchev–Trinajstić information content (AvgIpc) is 3.26. The molecule has 2 N–H and O–H groups in total. The maximum Gasteiger partial charge on any atom is 0.259 e. The molecule has 1 saturated heterocycles. The number of para-hydroxylation sites is 1. The fourth-order valence-corrected chi connectivity index (χ4v) is 4.49. The second kappa shape index (κ2) is 9.37. The summed E-state index contributed by atoms with van der Waals surface area (Å²) in [6, 6.07) is 13.1. The van der Waals surface area contributed by atoms with Gasteiger partial charge >= 0.3 is 0 Å². The summed E-state index contributed by atoms with van der Waals surface area (Å²) in [6.45, 7) is 5.02. The number of hydrogen-bond donors (Lipinski definition) is 1. The van der Waals surface area contributed by atoms with E-state index < -0.39 is 0 Å². The molecule has 1 aromatic carbocycles. The number of pyridine rings is 1. The van der Waals surface area contributed by atoms with E-state index in [1.54, 1.807) is 12.3 Å². The molecule has 1 fully saturated rings. The van der Waals surface area contributed by atoms with Crippen molar-refractivity contribution in [1.82, 2.24) is 29.6 Å². The fourth-order valence-electron chi connectivity index (χ4n) is 4.15. The highest BCUT2D eigenvalue weighted by atomic mass is 127. The van der Waals surface area contributed by atoms with Crippen LogP contribution in [0.3, 0.4) is 0 Å². The lowest BCUT2D eigenvalue weighted by Crippen LogP contribution is -2.40. The van der Waals surface area contributed by atoms with Gasteiger partial charge in [-0.3, -0.25) is 4.79 Å². The molecule has 0 spiro atoms. The van der Waals surface area contributed by atoms with Crippen molar-refractivity contribution < 1.29 is 9.53 Å². The van der Waals surface area contributed by atoms with Crippen molar-refractivity contribution in [1.29, 1.82) is 0 Å². The smallest absolute Gasteiger partial charge is 0.259 e. The Kier molecular flexibility index (Phi) is 6.14. The summed E-state index contributed by atoms with van der Waals surface area (Å²) < 4.78 is 8.17. The van der Waals surface area contributed by atoms with Crippen LogP contribution in [0.4, 0.5) is 5.82 Å². The quantitative estimate of drug-likeness (QED) is 0.282. The zero-order valence-electron chi connectivity index (χ0n) is 18.3. The number of piperidine rings is 1. The molecule has 1 aliphatic rings. The van der Waals surface area contributed by atoms with Gasteiger partial charge in [-0.2, -0.15) is 5.10 Å². The Morgan fingerprint density at radius 1 is 1.15 bits per heavy atom. The number of nitrogens with zero attached hydrogens (tertiary/aromatic N) is 6. The second-order valence-electron chi connectivity index (χ2n) is 8.00. The molecule has 9 nitrogen and oxygen atoms in total. The SMILES string of the molecule is C=C(I)C(=O)N1CCCC(n2nc(-c3ccc(Oc4ccccc4)nc3)c3c(N)ncnc32)C1. The molecule has 4 aromatic rings. The number of carbonyl (C=O) groups is 1. The number of nitrogens with two attached hydrogens (primary N) is 1. The van der Waals surface area contributed by atoms with Gasteiger partial charge in [0.05, 0.1) is 15.0 Å². The Balaban J connectivity index is 1.49. The van der Waals surface area contributed by atoms with Gasteiger partial charge in [-0.05, 0) is 53.6 Å². The van der Waals surface area contributed by atoms with Gasteiger partial charge in [-0.15, -0.1) is 0 Å². The van der Waals surface area contributed by atoms with Crippen molar-refractivity contribution in [2.24, 2.45) is 0 Å². The van der Waals surface area contributed by atoms with Gasteiger partial charge in [0, 0.05) is 30.9 Å². The first-order valence-electron chi connectivity index (χ1n) is 10.8. The summed E-state index contributed by atoms with van der Waals surface area (Å²) in [5.74, 6) is 1.48. The molecule has 1 atom stereocenters. The maximum atomic E-state index is 12.5. The third-order valence-corrected chi connectivity index (χ3v) is 6.22. The van der Waals surface area contributed by atoms with Crippen LogP contribution in [0.15, 0.2) is 65.1 Å². The van der Waals surface area contributed by atoms with Gasteiger partial charge < -0.3 is 15.4 Å². The summed E-state index contributed by atoms with van der Waals surface area (Å²) in [6.07, 6.45) is 4.88. The van der Waals surface area contributed by atoms with Crippen LogP contribution >= 0.6 is 22.6 Å². The Hall–Kier alpha value is -3.54. The largest absolute Gasteiger partial charge is 0.439 e. The van der Waals surface area contributed by atoms with E-state index in [-0.39, 0.29) is 11.9 Å². The Morgan fingerprint density at radius 2 is 1.97 bits per heavy atom. The topological polar surface area (TPSA) is 112 Å². The predicted octanol–water partition coefficient (Wildman–Crippen LogP) is 4.38.